The molecule has 2 aromatic carbocycles. The molecule has 0 fully saturated rings. The average Bonchev–Trinajstić information content (AvgIpc) is 2.45. The van der Waals surface area contributed by atoms with Gasteiger partial charge in [-0.1, -0.05) is 41.9 Å². The van der Waals surface area contributed by atoms with Crippen LogP contribution in [0.3, 0.4) is 0 Å². The maximum Gasteiger partial charge on any atom is 0.325 e. The largest absolute Gasteiger partial charge is 0.488 e. The minimum atomic E-state index is -1.17. The highest BCUT2D eigenvalue weighted by Gasteiger charge is 2.21. The zero-order valence-electron chi connectivity index (χ0n) is 11.5. The first-order chi connectivity index (χ1) is 9.99. The first kappa shape index (κ1) is 15.4. The molecule has 0 aliphatic heterocycles. The van der Waals surface area contributed by atoms with Gasteiger partial charge in [0.1, 0.15) is 18.4 Å². The van der Waals surface area contributed by atoms with Crippen LogP contribution in [-0.4, -0.2) is 11.1 Å². The standard InChI is InChI=1S/C16H16ClNO3/c1-10-7-12(17)8-13(14(18)16(19)20)15(10)21-9-11-5-3-2-4-6-11/h2-8,14H,9,18H2,1H3,(H,19,20). The van der Waals surface area contributed by atoms with Gasteiger partial charge in [0.05, 0.1) is 0 Å². The molecule has 2 aromatic rings. The lowest BCUT2D eigenvalue weighted by Gasteiger charge is -2.17. The van der Waals surface area contributed by atoms with E-state index in [1.54, 1.807) is 6.07 Å². The van der Waals surface area contributed by atoms with Crippen molar-refractivity contribution in [2.24, 2.45) is 5.73 Å². The third kappa shape index (κ3) is 3.74. The molecule has 2 rings (SSSR count). The SMILES string of the molecule is Cc1cc(Cl)cc(C(N)C(=O)O)c1OCc1ccccc1. The van der Waals surface area contributed by atoms with Crippen molar-refractivity contribution >= 4 is 17.6 Å². The highest BCUT2D eigenvalue weighted by atomic mass is 35.5. The van der Waals surface area contributed by atoms with E-state index in [0.29, 0.717) is 22.9 Å². The van der Waals surface area contributed by atoms with Gasteiger partial charge in [-0.15, -0.1) is 0 Å². The van der Waals surface area contributed by atoms with Crippen LogP contribution in [0.25, 0.3) is 0 Å². The summed E-state index contributed by atoms with van der Waals surface area (Å²) in [4.78, 5) is 11.1. The summed E-state index contributed by atoms with van der Waals surface area (Å²) in [5, 5.41) is 9.54. The van der Waals surface area contributed by atoms with E-state index >= 15 is 0 Å². The highest BCUT2D eigenvalue weighted by Crippen LogP contribution is 2.32. The van der Waals surface area contributed by atoms with E-state index < -0.39 is 12.0 Å². The fourth-order valence-electron chi connectivity index (χ4n) is 2.05. The van der Waals surface area contributed by atoms with E-state index in [9.17, 15) is 4.79 Å². The minimum absolute atomic E-state index is 0.336. The first-order valence-electron chi connectivity index (χ1n) is 6.44. The third-order valence-corrected chi connectivity index (χ3v) is 3.31. The Balaban J connectivity index is 2.31. The molecule has 0 aliphatic carbocycles. The van der Waals surface area contributed by atoms with Gasteiger partial charge < -0.3 is 15.6 Å². The Bertz CT molecular complexity index is 643. The topological polar surface area (TPSA) is 72.6 Å². The molecule has 0 heterocycles. The third-order valence-electron chi connectivity index (χ3n) is 3.10. The number of aryl methyl sites for hydroxylation is 1. The van der Waals surface area contributed by atoms with Gasteiger partial charge in [-0.25, -0.2) is 0 Å². The second-order valence-electron chi connectivity index (χ2n) is 4.73. The molecule has 1 unspecified atom stereocenters. The van der Waals surface area contributed by atoms with Gasteiger partial charge in [-0.05, 0) is 30.2 Å². The van der Waals surface area contributed by atoms with Gasteiger partial charge in [0.25, 0.3) is 0 Å². The summed E-state index contributed by atoms with van der Waals surface area (Å²) in [5.41, 5.74) is 7.83. The number of benzene rings is 2. The number of carboxylic acid groups (broad SMARTS) is 1. The van der Waals surface area contributed by atoms with Gasteiger partial charge in [0.2, 0.25) is 0 Å². The number of ether oxygens (including phenoxy) is 1. The van der Waals surface area contributed by atoms with E-state index in [0.717, 1.165) is 11.1 Å². The predicted octanol–water partition coefficient (Wildman–Crippen LogP) is 3.31. The van der Waals surface area contributed by atoms with Crippen LogP contribution in [-0.2, 0) is 11.4 Å². The lowest BCUT2D eigenvalue weighted by atomic mass is 10.0. The highest BCUT2D eigenvalue weighted by molar-refractivity contribution is 6.30. The Hall–Kier alpha value is -2.04. The molecule has 1 atom stereocenters. The molecule has 0 amide bonds. The number of rotatable bonds is 5. The maximum atomic E-state index is 11.1. The van der Waals surface area contributed by atoms with Crippen molar-refractivity contribution in [1.82, 2.24) is 0 Å². The Labute approximate surface area is 128 Å². The van der Waals surface area contributed by atoms with Crippen molar-refractivity contribution in [1.29, 1.82) is 0 Å². The average molecular weight is 306 g/mol. The summed E-state index contributed by atoms with van der Waals surface area (Å²) < 4.78 is 5.78. The monoisotopic (exact) mass is 305 g/mol. The van der Waals surface area contributed by atoms with Crippen molar-refractivity contribution in [2.75, 3.05) is 0 Å². The lowest BCUT2D eigenvalue weighted by molar-refractivity contribution is -0.138. The maximum absolute atomic E-state index is 11.1. The number of carboxylic acids is 1. The van der Waals surface area contributed by atoms with E-state index in [1.165, 1.54) is 6.07 Å². The van der Waals surface area contributed by atoms with Crippen LogP contribution in [0.5, 0.6) is 5.75 Å². The zero-order valence-corrected chi connectivity index (χ0v) is 12.3. The smallest absolute Gasteiger partial charge is 0.325 e. The van der Waals surface area contributed by atoms with Crippen molar-refractivity contribution in [3.63, 3.8) is 0 Å². The molecule has 3 N–H and O–H groups in total. The molecule has 110 valence electrons. The molecule has 0 aliphatic rings. The Morgan fingerprint density at radius 1 is 1.33 bits per heavy atom. The van der Waals surface area contributed by atoms with Crippen LogP contribution < -0.4 is 10.5 Å². The molecule has 4 nitrogen and oxygen atoms in total. The summed E-state index contributed by atoms with van der Waals surface area (Å²) in [5.74, 6) is -0.653. The van der Waals surface area contributed by atoms with Crippen molar-refractivity contribution in [3.05, 3.63) is 64.2 Å². The van der Waals surface area contributed by atoms with Gasteiger partial charge in [-0.3, -0.25) is 4.79 Å². The normalized spacial score (nSPS) is 12.0. The number of hydrogen-bond donors (Lipinski definition) is 2. The summed E-state index contributed by atoms with van der Waals surface area (Å²) >= 11 is 5.98. The van der Waals surface area contributed by atoms with Gasteiger partial charge in [0, 0.05) is 10.6 Å². The van der Waals surface area contributed by atoms with Crippen LogP contribution in [0.4, 0.5) is 0 Å². The Morgan fingerprint density at radius 2 is 2.00 bits per heavy atom. The second kappa shape index (κ2) is 6.61. The summed E-state index contributed by atoms with van der Waals surface area (Å²) in [6, 6.07) is 11.7. The lowest BCUT2D eigenvalue weighted by Crippen LogP contribution is -2.21. The number of nitrogens with two attached hydrogens (primary N) is 1. The Morgan fingerprint density at radius 3 is 2.62 bits per heavy atom. The molecule has 0 aromatic heterocycles. The van der Waals surface area contributed by atoms with Gasteiger partial charge in [0.15, 0.2) is 0 Å². The van der Waals surface area contributed by atoms with Crippen LogP contribution in [0.15, 0.2) is 42.5 Å². The van der Waals surface area contributed by atoms with Crippen LogP contribution >= 0.6 is 11.6 Å². The quantitative estimate of drug-likeness (QED) is 0.889. The molecular weight excluding hydrogens is 290 g/mol. The van der Waals surface area contributed by atoms with E-state index in [4.69, 9.17) is 27.2 Å². The van der Waals surface area contributed by atoms with Crippen LogP contribution in [0.2, 0.25) is 5.02 Å². The van der Waals surface area contributed by atoms with E-state index in [-0.39, 0.29) is 0 Å². The molecule has 21 heavy (non-hydrogen) atoms. The number of hydrogen-bond acceptors (Lipinski definition) is 3. The minimum Gasteiger partial charge on any atom is -0.488 e. The molecular formula is C16H16ClNO3. The molecule has 0 bridgehead atoms. The van der Waals surface area contributed by atoms with E-state index in [2.05, 4.69) is 0 Å². The van der Waals surface area contributed by atoms with Crippen LogP contribution in [0, 0.1) is 6.92 Å². The van der Waals surface area contributed by atoms with Crippen molar-refractivity contribution in [3.8, 4) is 5.75 Å². The molecule has 0 radical (unpaired) electrons. The molecule has 0 spiro atoms. The fraction of sp³-hybridized carbons (Fsp3) is 0.188. The number of carbonyl (C=O) groups is 1. The number of aliphatic carboxylic acids is 1. The predicted molar refractivity (Wildman–Crippen MR) is 81.5 cm³/mol. The van der Waals surface area contributed by atoms with Crippen molar-refractivity contribution < 1.29 is 14.6 Å². The van der Waals surface area contributed by atoms with Gasteiger partial charge in [-0.2, -0.15) is 0 Å². The number of halogens is 1. The van der Waals surface area contributed by atoms with Crippen molar-refractivity contribution in [2.45, 2.75) is 19.6 Å². The van der Waals surface area contributed by atoms with E-state index in [1.807, 2.05) is 37.3 Å². The zero-order chi connectivity index (χ0) is 15.4. The summed E-state index contributed by atoms with van der Waals surface area (Å²) in [7, 11) is 0. The summed E-state index contributed by atoms with van der Waals surface area (Å²) in [6.07, 6.45) is 0. The van der Waals surface area contributed by atoms with Gasteiger partial charge >= 0.3 is 5.97 Å². The Kier molecular flexibility index (Phi) is 4.83. The fourth-order valence-corrected chi connectivity index (χ4v) is 2.33. The molecule has 5 heteroatoms. The first-order valence-corrected chi connectivity index (χ1v) is 6.82. The van der Waals surface area contributed by atoms with Crippen LogP contribution in [0.1, 0.15) is 22.7 Å². The summed E-state index contributed by atoms with van der Waals surface area (Å²) in [6.45, 7) is 2.15. The molecule has 0 saturated carbocycles. The second-order valence-corrected chi connectivity index (χ2v) is 5.17. The molecule has 0 saturated heterocycles.